The van der Waals surface area contributed by atoms with Crippen LogP contribution in [0.5, 0.6) is 11.5 Å². The zero-order chi connectivity index (χ0) is 19.6. The molecule has 0 bridgehead atoms. The number of rotatable bonds is 6. The van der Waals surface area contributed by atoms with Crippen molar-refractivity contribution in [2.45, 2.75) is 6.54 Å². The number of hydrogen-bond donors (Lipinski definition) is 1. The number of anilines is 1. The van der Waals surface area contributed by atoms with Crippen molar-refractivity contribution in [3.8, 4) is 11.5 Å². The molecule has 1 heterocycles. The maximum Gasteiger partial charge on any atom is 0.241 e. The van der Waals surface area contributed by atoms with E-state index in [-0.39, 0.29) is 29.1 Å². The number of carbonyl (C=O) groups excluding carboxylic acids is 1. The Morgan fingerprint density at radius 3 is 2.44 bits per heavy atom. The van der Waals surface area contributed by atoms with Crippen molar-refractivity contribution >= 4 is 44.8 Å². The minimum atomic E-state index is -3.72. The number of carbonyl (C=O) groups is 1. The third-order valence-corrected chi connectivity index (χ3v) is 5.33. The number of hydrogen-bond acceptors (Lipinski definition) is 5. The fourth-order valence-electron chi connectivity index (χ4n) is 2.52. The molecule has 0 saturated carbocycles. The Labute approximate surface area is 166 Å². The van der Waals surface area contributed by atoms with Gasteiger partial charge in [-0.15, -0.1) is 0 Å². The second kappa shape index (κ2) is 7.84. The summed E-state index contributed by atoms with van der Waals surface area (Å²) < 4.78 is 35.7. The van der Waals surface area contributed by atoms with Crippen LogP contribution < -0.4 is 19.1 Å². The Morgan fingerprint density at radius 1 is 1.11 bits per heavy atom. The van der Waals surface area contributed by atoms with Gasteiger partial charge >= 0.3 is 0 Å². The summed E-state index contributed by atoms with van der Waals surface area (Å²) in [5.74, 6) is 0.772. The largest absolute Gasteiger partial charge is 0.454 e. The van der Waals surface area contributed by atoms with E-state index in [4.69, 9.17) is 32.7 Å². The average Bonchev–Trinajstić information content (AvgIpc) is 3.03. The third kappa shape index (κ3) is 4.97. The van der Waals surface area contributed by atoms with Crippen LogP contribution in [0.2, 0.25) is 10.0 Å². The number of ether oxygens (including phenoxy) is 2. The molecule has 0 spiro atoms. The van der Waals surface area contributed by atoms with Gasteiger partial charge in [0.2, 0.25) is 22.7 Å². The molecule has 0 radical (unpaired) electrons. The summed E-state index contributed by atoms with van der Waals surface area (Å²) >= 11 is 11.9. The van der Waals surface area contributed by atoms with E-state index in [1.807, 2.05) is 0 Å². The highest BCUT2D eigenvalue weighted by atomic mass is 35.5. The average molecular weight is 431 g/mol. The standard InChI is InChI=1S/C17H16Cl2N2O5S/c1-27(23,24)21(14-6-12(18)5-13(19)7-14)9-17(22)20-8-11-2-3-15-16(4-11)26-10-25-15/h2-7H,8-10H2,1H3,(H,20,22). The zero-order valence-electron chi connectivity index (χ0n) is 14.2. The monoisotopic (exact) mass is 430 g/mol. The van der Waals surface area contributed by atoms with Gasteiger partial charge in [-0.1, -0.05) is 29.3 Å². The number of fused-ring (bicyclic) bond motifs is 1. The molecule has 0 aliphatic carbocycles. The molecule has 2 aromatic rings. The number of sulfonamides is 1. The number of amides is 1. The Balaban J connectivity index is 1.69. The van der Waals surface area contributed by atoms with Crippen LogP contribution in [-0.4, -0.2) is 33.9 Å². The molecule has 1 N–H and O–H groups in total. The Morgan fingerprint density at radius 2 is 1.78 bits per heavy atom. The van der Waals surface area contributed by atoms with Gasteiger partial charge in [-0.25, -0.2) is 8.42 Å². The van der Waals surface area contributed by atoms with Gasteiger partial charge in [0.1, 0.15) is 6.54 Å². The van der Waals surface area contributed by atoms with Crippen LogP contribution in [0.4, 0.5) is 5.69 Å². The first kappa shape index (κ1) is 19.6. The quantitative estimate of drug-likeness (QED) is 0.761. The minimum absolute atomic E-state index is 0.163. The molecule has 1 amide bonds. The molecule has 7 nitrogen and oxygen atoms in total. The molecule has 0 atom stereocenters. The molecule has 144 valence electrons. The van der Waals surface area contributed by atoms with Crippen molar-refractivity contribution in [3.63, 3.8) is 0 Å². The molecule has 0 unspecified atom stereocenters. The first-order chi connectivity index (χ1) is 12.7. The highest BCUT2D eigenvalue weighted by Crippen LogP contribution is 2.32. The van der Waals surface area contributed by atoms with Crippen LogP contribution in [0, 0.1) is 0 Å². The van der Waals surface area contributed by atoms with Crippen molar-refractivity contribution in [2.24, 2.45) is 0 Å². The van der Waals surface area contributed by atoms with Crippen molar-refractivity contribution < 1.29 is 22.7 Å². The highest BCUT2D eigenvalue weighted by Gasteiger charge is 2.22. The van der Waals surface area contributed by atoms with Crippen molar-refractivity contribution in [2.75, 3.05) is 23.9 Å². The van der Waals surface area contributed by atoms with E-state index in [0.29, 0.717) is 11.5 Å². The van der Waals surface area contributed by atoms with Gasteiger partial charge in [-0.2, -0.15) is 0 Å². The van der Waals surface area contributed by atoms with E-state index in [9.17, 15) is 13.2 Å². The van der Waals surface area contributed by atoms with Crippen molar-refractivity contribution in [3.05, 3.63) is 52.0 Å². The van der Waals surface area contributed by atoms with Crippen molar-refractivity contribution in [1.29, 1.82) is 0 Å². The van der Waals surface area contributed by atoms with Gasteiger partial charge in [-0.05, 0) is 35.9 Å². The Hall–Kier alpha value is -2.16. The molecule has 27 heavy (non-hydrogen) atoms. The molecule has 1 aliphatic rings. The SMILES string of the molecule is CS(=O)(=O)N(CC(=O)NCc1ccc2c(c1)OCO2)c1cc(Cl)cc(Cl)c1. The molecule has 1 aliphatic heterocycles. The summed E-state index contributed by atoms with van der Waals surface area (Å²) in [6.07, 6.45) is 1.01. The second-order valence-corrected chi connectivity index (χ2v) is 8.64. The lowest BCUT2D eigenvalue weighted by atomic mass is 10.2. The summed E-state index contributed by atoms with van der Waals surface area (Å²) in [5.41, 5.74) is 1.01. The maximum atomic E-state index is 12.3. The van der Waals surface area contributed by atoms with Gasteiger partial charge in [-0.3, -0.25) is 9.10 Å². The molecule has 0 fully saturated rings. The summed E-state index contributed by atoms with van der Waals surface area (Å²) in [4.78, 5) is 12.3. The van der Waals surface area contributed by atoms with Crippen LogP contribution in [0.1, 0.15) is 5.56 Å². The first-order valence-electron chi connectivity index (χ1n) is 7.81. The van der Waals surface area contributed by atoms with E-state index in [0.717, 1.165) is 16.1 Å². The van der Waals surface area contributed by atoms with E-state index in [2.05, 4.69) is 5.32 Å². The van der Waals surface area contributed by atoms with Crippen LogP contribution in [-0.2, 0) is 21.4 Å². The van der Waals surface area contributed by atoms with Gasteiger partial charge < -0.3 is 14.8 Å². The molecular formula is C17H16Cl2N2O5S. The summed E-state index contributed by atoms with van der Waals surface area (Å²) in [5, 5.41) is 3.22. The van der Waals surface area contributed by atoms with E-state index in [1.165, 1.54) is 18.2 Å². The topological polar surface area (TPSA) is 84.9 Å². The summed E-state index contributed by atoms with van der Waals surface area (Å²) in [6, 6.07) is 9.64. The number of nitrogens with one attached hydrogen (secondary N) is 1. The predicted molar refractivity (Wildman–Crippen MR) is 103 cm³/mol. The van der Waals surface area contributed by atoms with Gasteiger partial charge in [0.25, 0.3) is 0 Å². The predicted octanol–water partition coefficient (Wildman–Crippen LogP) is 2.80. The Kier molecular flexibility index (Phi) is 5.69. The van der Waals surface area contributed by atoms with Crippen LogP contribution in [0.15, 0.2) is 36.4 Å². The fraction of sp³-hybridized carbons (Fsp3) is 0.235. The van der Waals surface area contributed by atoms with Crippen LogP contribution in [0.25, 0.3) is 0 Å². The molecule has 2 aromatic carbocycles. The van der Waals surface area contributed by atoms with Gasteiger partial charge in [0, 0.05) is 16.6 Å². The lowest BCUT2D eigenvalue weighted by Crippen LogP contribution is -2.40. The fourth-order valence-corrected chi connectivity index (χ4v) is 3.88. The molecule has 0 aromatic heterocycles. The highest BCUT2D eigenvalue weighted by molar-refractivity contribution is 7.92. The third-order valence-electron chi connectivity index (χ3n) is 3.75. The second-order valence-electron chi connectivity index (χ2n) is 5.86. The smallest absolute Gasteiger partial charge is 0.241 e. The lowest BCUT2D eigenvalue weighted by molar-refractivity contribution is -0.119. The number of benzene rings is 2. The zero-order valence-corrected chi connectivity index (χ0v) is 16.6. The minimum Gasteiger partial charge on any atom is -0.454 e. The molecular weight excluding hydrogens is 415 g/mol. The van der Waals surface area contributed by atoms with Crippen molar-refractivity contribution in [1.82, 2.24) is 5.32 Å². The summed E-state index contributed by atoms with van der Waals surface area (Å²) in [7, 11) is -3.72. The molecule has 10 heteroatoms. The normalized spacial score (nSPS) is 12.7. The van der Waals surface area contributed by atoms with E-state index < -0.39 is 22.5 Å². The van der Waals surface area contributed by atoms with E-state index in [1.54, 1.807) is 18.2 Å². The Bertz CT molecular complexity index is 961. The van der Waals surface area contributed by atoms with Gasteiger partial charge in [0.05, 0.1) is 11.9 Å². The first-order valence-corrected chi connectivity index (χ1v) is 10.4. The van der Waals surface area contributed by atoms with Gasteiger partial charge in [0.15, 0.2) is 11.5 Å². The number of nitrogens with zero attached hydrogens (tertiary/aromatic N) is 1. The molecule has 0 saturated heterocycles. The summed E-state index contributed by atoms with van der Waals surface area (Å²) in [6.45, 7) is -0.0277. The van der Waals surface area contributed by atoms with Crippen LogP contribution >= 0.6 is 23.2 Å². The van der Waals surface area contributed by atoms with E-state index >= 15 is 0 Å². The number of halogens is 2. The molecule has 3 rings (SSSR count). The maximum absolute atomic E-state index is 12.3. The lowest BCUT2D eigenvalue weighted by Gasteiger charge is -2.22. The van der Waals surface area contributed by atoms with Crippen LogP contribution in [0.3, 0.4) is 0 Å².